The van der Waals surface area contributed by atoms with Crippen LogP contribution in [0.3, 0.4) is 0 Å². The predicted molar refractivity (Wildman–Crippen MR) is 108 cm³/mol. The van der Waals surface area contributed by atoms with E-state index in [0.717, 1.165) is 29.7 Å². The molecule has 1 amide bonds. The molecule has 0 fully saturated rings. The van der Waals surface area contributed by atoms with Gasteiger partial charge in [-0.3, -0.25) is 9.48 Å². The van der Waals surface area contributed by atoms with E-state index in [-0.39, 0.29) is 12.0 Å². The number of fused-ring (bicyclic) bond motifs is 1. The van der Waals surface area contributed by atoms with Crippen molar-refractivity contribution in [3.63, 3.8) is 0 Å². The molecule has 3 aromatic rings. The van der Waals surface area contributed by atoms with Crippen LogP contribution in [0.4, 0.5) is 0 Å². The fourth-order valence-corrected chi connectivity index (χ4v) is 3.40. The van der Waals surface area contributed by atoms with Crippen molar-refractivity contribution >= 4 is 32.8 Å². The summed E-state index contributed by atoms with van der Waals surface area (Å²) in [7, 11) is 0. The number of aromatic nitrogens is 2. The number of halogens is 1. The van der Waals surface area contributed by atoms with Crippen molar-refractivity contribution in [2.75, 3.05) is 6.54 Å². The van der Waals surface area contributed by atoms with Crippen molar-refractivity contribution in [1.29, 1.82) is 0 Å². The van der Waals surface area contributed by atoms with E-state index in [0.29, 0.717) is 28.1 Å². The Labute approximate surface area is 167 Å². The molecular formula is C20H24BrN3O3. The van der Waals surface area contributed by atoms with E-state index in [2.05, 4.69) is 26.3 Å². The smallest absolute Gasteiger partial charge is 0.251 e. The van der Waals surface area contributed by atoms with Gasteiger partial charge in [0.1, 0.15) is 11.3 Å². The number of rotatable bonds is 7. The maximum absolute atomic E-state index is 12.6. The zero-order valence-electron chi connectivity index (χ0n) is 16.0. The Balaban J connectivity index is 1.67. The Kier molecular flexibility index (Phi) is 5.89. The van der Waals surface area contributed by atoms with Gasteiger partial charge in [-0.15, -0.1) is 0 Å². The first-order valence-corrected chi connectivity index (χ1v) is 9.82. The third-order valence-corrected chi connectivity index (χ3v) is 4.52. The lowest BCUT2D eigenvalue weighted by Gasteiger charge is -2.12. The summed E-state index contributed by atoms with van der Waals surface area (Å²) >= 11 is 3.34. The minimum Gasteiger partial charge on any atom is -0.490 e. The molecule has 0 saturated heterocycles. The van der Waals surface area contributed by atoms with E-state index in [1.54, 1.807) is 12.1 Å². The van der Waals surface area contributed by atoms with Gasteiger partial charge < -0.3 is 14.5 Å². The van der Waals surface area contributed by atoms with Crippen molar-refractivity contribution < 1.29 is 13.9 Å². The van der Waals surface area contributed by atoms with Gasteiger partial charge in [0.25, 0.3) is 5.91 Å². The first kappa shape index (κ1) is 19.5. The van der Waals surface area contributed by atoms with Crippen LogP contribution in [0.5, 0.6) is 5.75 Å². The first-order chi connectivity index (χ1) is 12.8. The quantitative estimate of drug-likeness (QED) is 0.552. The van der Waals surface area contributed by atoms with Crippen molar-refractivity contribution in [1.82, 2.24) is 15.1 Å². The van der Waals surface area contributed by atoms with Crippen LogP contribution in [0.2, 0.25) is 0 Å². The maximum Gasteiger partial charge on any atom is 0.251 e. The number of carbonyl (C=O) groups is 1. The summed E-state index contributed by atoms with van der Waals surface area (Å²) in [5.41, 5.74) is 3.27. The van der Waals surface area contributed by atoms with Gasteiger partial charge in [0.2, 0.25) is 0 Å². The van der Waals surface area contributed by atoms with E-state index in [1.807, 2.05) is 44.5 Å². The standard InChI is InChI=1S/C20H24BrN3O3/c1-12(2)26-17-9-15(10-18-16(17)11-19(21)27-18)20(25)22-6-5-7-24-14(4)8-13(3)23-24/h8-12H,5-7H2,1-4H3,(H,22,25). The highest BCUT2D eigenvalue weighted by Crippen LogP contribution is 2.33. The van der Waals surface area contributed by atoms with E-state index >= 15 is 0 Å². The van der Waals surface area contributed by atoms with Crippen LogP contribution in [0.15, 0.2) is 33.4 Å². The first-order valence-electron chi connectivity index (χ1n) is 9.02. The Morgan fingerprint density at radius 1 is 1.30 bits per heavy atom. The molecule has 2 aromatic heterocycles. The van der Waals surface area contributed by atoms with Gasteiger partial charge in [-0.05, 0) is 68.2 Å². The Bertz CT molecular complexity index is 959. The molecule has 144 valence electrons. The van der Waals surface area contributed by atoms with Crippen LogP contribution in [0.25, 0.3) is 11.0 Å². The van der Waals surface area contributed by atoms with E-state index in [4.69, 9.17) is 9.15 Å². The molecule has 2 heterocycles. The molecule has 1 aromatic carbocycles. The zero-order valence-corrected chi connectivity index (χ0v) is 17.6. The molecule has 0 aliphatic heterocycles. The summed E-state index contributed by atoms with van der Waals surface area (Å²) in [5, 5.41) is 8.23. The average Bonchev–Trinajstić information content (AvgIpc) is 3.11. The molecule has 0 bridgehead atoms. The van der Waals surface area contributed by atoms with Crippen LogP contribution >= 0.6 is 15.9 Å². The van der Waals surface area contributed by atoms with Gasteiger partial charge in [-0.1, -0.05) is 0 Å². The second-order valence-corrected chi connectivity index (χ2v) is 7.64. The number of aryl methyl sites for hydroxylation is 3. The van der Waals surface area contributed by atoms with Crippen LogP contribution in [0, 0.1) is 13.8 Å². The number of benzene rings is 1. The highest BCUT2D eigenvalue weighted by Gasteiger charge is 2.15. The zero-order chi connectivity index (χ0) is 19.6. The molecule has 0 saturated carbocycles. The normalized spacial score (nSPS) is 11.3. The summed E-state index contributed by atoms with van der Waals surface area (Å²) in [5.74, 6) is 0.496. The van der Waals surface area contributed by atoms with Crippen molar-refractivity contribution in [2.45, 2.75) is 46.8 Å². The Hall–Kier alpha value is -2.28. The molecule has 3 rings (SSSR count). The van der Waals surface area contributed by atoms with Gasteiger partial charge in [0.15, 0.2) is 4.67 Å². The van der Waals surface area contributed by atoms with Crippen LogP contribution < -0.4 is 10.1 Å². The van der Waals surface area contributed by atoms with E-state index < -0.39 is 0 Å². The van der Waals surface area contributed by atoms with Crippen LogP contribution in [-0.2, 0) is 6.54 Å². The molecule has 1 N–H and O–H groups in total. The number of furan rings is 1. The maximum atomic E-state index is 12.6. The van der Waals surface area contributed by atoms with Gasteiger partial charge >= 0.3 is 0 Å². The number of nitrogens with one attached hydrogen (secondary N) is 1. The van der Waals surface area contributed by atoms with Gasteiger partial charge in [0.05, 0.1) is 17.2 Å². The number of hydrogen-bond donors (Lipinski definition) is 1. The number of amides is 1. The molecular weight excluding hydrogens is 410 g/mol. The van der Waals surface area contributed by atoms with E-state index in [1.165, 1.54) is 0 Å². The highest BCUT2D eigenvalue weighted by molar-refractivity contribution is 9.10. The molecule has 0 spiro atoms. The number of nitrogens with zero attached hydrogens (tertiary/aromatic N) is 2. The SMILES string of the molecule is Cc1cc(C)n(CCCNC(=O)c2cc(OC(C)C)c3cc(Br)oc3c2)n1. The molecule has 0 aliphatic carbocycles. The molecule has 0 radical (unpaired) electrons. The van der Waals surface area contributed by atoms with E-state index in [9.17, 15) is 4.79 Å². The Morgan fingerprint density at radius 2 is 2.07 bits per heavy atom. The van der Waals surface area contributed by atoms with Crippen LogP contribution in [-0.4, -0.2) is 28.3 Å². The summed E-state index contributed by atoms with van der Waals surface area (Å²) in [4.78, 5) is 12.6. The number of ether oxygens (including phenoxy) is 1. The highest BCUT2D eigenvalue weighted by atomic mass is 79.9. The third-order valence-electron chi connectivity index (χ3n) is 4.13. The van der Waals surface area contributed by atoms with Gasteiger partial charge in [-0.25, -0.2) is 0 Å². The number of hydrogen-bond acceptors (Lipinski definition) is 4. The minimum atomic E-state index is -0.147. The van der Waals surface area contributed by atoms with Gasteiger partial charge in [-0.2, -0.15) is 5.10 Å². The second kappa shape index (κ2) is 8.17. The van der Waals surface area contributed by atoms with Gasteiger partial charge in [0, 0.05) is 30.4 Å². The minimum absolute atomic E-state index is 0.000883. The lowest BCUT2D eigenvalue weighted by molar-refractivity contribution is 0.0952. The second-order valence-electron chi connectivity index (χ2n) is 6.86. The predicted octanol–water partition coefficient (Wildman–Crippen LogP) is 4.62. The molecule has 27 heavy (non-hydrogen) atoms. The molecule has 0 atom stereocenters. The average molecular weight is 434 g/mol. The molecule has 0 aliphatic rings. The topological polar surface area (TPSA) is 69.3 Å². The molecule has 0 unspecified atom stereocenters. The monoisotopic (exact) mass is 433 g/mol. The molecule has 7 heteroatoms. The summed E-state index contributed by atoms with van der Waals surface area (Å²) in [6.45, 7) is 9.25. The van der Waals surface area contributed by atoms with Crippen LogP contribution in [0.1, 0.15) is 42.0 Å². The fraction of sp³-hybridized carbons (Fsp3) is 0.400. The Morgan fingerprint density at radius 3 is 2.74 bits per heavy atom. The lowest BCUT2D eigenvalue weighted by atomic mass is 10.1. The summed E-state index contributed by atoms with van der Waals surface area (Å²) in [6.07, 6.45) is 0.804. The lowest BCUT2D eigenvalue weighted by Crippen LogP contribution is -2.25. The fourth-order valence-electron chi connectivity index (χ4n) is 2.99. The van der Waals surface area contributed by atoms with Crippen molar-refractivity contribution in [2.24, 2.45) is 0 Å². The van der Waals surface area contributed by atoms with Crippen molar-refractivity contribution in [3.8, 4) is 5.75 Å². The van der Waals surface area contributed by atoms with Crippen molar-refractivity contribution in [3.05, 3.63) is 45.9 Å². The largest absolute Gasteiger partial charge is 0.490 e. The summed E-state index contributed by atoms with van der Waals surface area (Å²) in [6, 6.07) is 7.40. The number of carbonyl (C=O) groups excluding carboxylic acids is 1. The third kappa shape index (κ3) is 4.71. The summed E-state index contributed by atoms with van der Waals surface area (Å²) < 4.78 is 14.0. The molecule has 6 nitrogen and oxygen atoms in total.